The van der Waals surface area contributed by atoms with E-state index in [-0.39, 0.29) is 11.4 Å². The van der Waals surface area contributed by atoms with Gasteiger partial charge in [0.05, 0.1) is 38.7 Å². The first kappa shape index (κ1) is 16.2. The average molecular weight is 368 g/mol. The highest BCUT2D eigenvalue weighted by Crippen LogP contribution is 2.41. The maximum Gasteiger partial charge on any atom is 0.319 e. The molecule has 9 heteroatoms. The fourth-order valence-electron chi connectivity index (χ4n) is 3.81. The zero-order chi connectivity index (χ0) is 18.4. The second-order valence-corrected chi connectivity index (χ2v) is 7.05. The van der Waals surface area contributed by atoms with Crippen LogP contribution in [0.1, 0.15) is 6.42 Å². The van der Waals surface area contributed by atoms with Crippen LogP contribution in [0.4, 0.5) is 5.69 Å². The molecule has 0 radical (unpaired) electrons. The third-order valence-corrected chi connectivity index (χ3v) is 5.32. The lowest BCUT2D eigenvalue weighted by molar-refractivity contribution is -0.0985. The number of fused-ring (bicyclic) bond motifs is 1. The summed E-state index contributed by atoms with van der Waals surface area (Å²) in [5.74, 6) is 0.421. The lowest BCUT2D eigenvalue weighted by Crippen LogP contribution is -2.44. The van der Waals surface area contributed by atoms with Gasteiger partial charge in [0.2, 0.25) is 5.88 Å². The lowest BCUT2D eigenvalue weighted by atomic mass is 9.85. The number of rotatable bonds is 4. The number of aromatic nitrogens is 5. The van der Waals surface area contributed by atoms with Gasteiger partial charge in [-0.3, -0.25) is 0 Å². The number of hydrogen-bond donors (Lipinski definition) is 0. The number of nitrogens with zero attached hydrogens (tertiary/aromatic N) is 6. The second kappa shape index (κ2) is 6.05. The van der Waals surface area contributed by atoms with Gasteiger partial charge in [-0.15, -0.1) is 0 Å². The van der Waals surface area contributed by atoms with Crippen LogP contribution >= 0.6 is 0 Å². The van der Waals surface area contributed by atoms with Crippen LogP contribution in [0.3, 0.4) is 0 Å². The van der Waals surface area contributed by atoms with Gasteiger partial charge in [-0.1, -0.05) is 0 Å². The summed E-state index contributed by atoms with van der Waals surface area (Å²) >= 11 is 0. The lowest BCUT2D eigenvalue weighted by Gasteiger charge is -2.37. The highest BCUT2D eigenvalue weighted by atomic mass is 16.5. The molecule has 2 fully saturated rings. The number of methoxy groups -OCH3 is 2. The van der Waals surface area contributed by atoms with Gasteiger partial charge in [-0.25, -0.2) is 14.5 Å². The second-order valence-electron chi connectivity index (χ2n) is 7.05. The SMILES string of the molecule is COc1ncc(-c2cc(N3CCC4(COC4)C3)c3nccn3n2)c(OC)n1. The van der Waals surface area contributed by atoms with Gasteiger partial charge >= 0.3 is 6.01 Å². The summed E-state index contributed by atoms with van der Waals surface area (Å²) in [4.78, 5) is 15.4. The smallest absolute Gasteiger partial charge is 0.319 e. The zero-order valence-corrected chi connectivity index (χ0v) is 15.3. The summed E-state index contributed by atoms with van der Waals surface area (Å²) in [7, 11) is 3.10. The number of ether oxygens (including phenoxy) is 3. The molecule has 27 heavy (non-hydrogen) atoms. The molecule has 3 aromatic heterocycles. The third kappa shape index (κ3) is 2.57. The minimum absolute atomic E-state index is 0.256. The van der Waals surface area contributed by atoms with Gasteiger partial charge in [0.15, 0.2) is 5.65 Å². The Morgan fingerprint density at radius 1 is 1.19 bits per heavy atom. The van der Waals surface area contributed by atoms with Crippen molar-refractivity contribution < 1.29 is 14.2 Å². The molecule has 0 aromatic carbocycles. The van der Waals surface area contributed by atoms with Crippen LogP contribution in [0.25, 0.3) is 16.9 Å². The zero-order valence-electron chi connectivity index (χ0n) is 15.3. The Labute approximate surface area is 155 Å². The van der Waals surface area contributed by atoms with Crippen molar-refractivity contribution in [1.82, 2.24) is 24.6 Å². The first-order valence-electron chi connectivity index (χ1n) is 8.84. The maximum absolute atomic E-state index is 5.46. The first-order chi connectivity index (χ1) is 13.2. The van der Waals surface area contributed by atoms with Crippen LogP contribution in [0, 0.1) is 5.41 Å². The van der Waals surface area contributed by atoms with E-state index >= 15 is 0 Å². The van der Waals surface area contributed by atoms with Crippen molar-refractivity contribution in [2.45, 2.75) is 6.42 Å². The van der Waals surface area contributed by atoms with Crippen LogP contribution in [-0.2, 0) is 4.74 Å². The molecule has 9 nitrogen and oxygen atoms in total. The first-order valence-corrected chi connectivity index (χ1v) is 8.84. The van der Waals surface area contributed by atoms with Crippen LogP contribution in [0.15, 0.2) is 24.7 Å². The minimum Gasteiger partial charge on any atom is -0.480 e. The number of imidazole rings is 1. The molecule has 0 N–H and O–H groups in total. The summed E-state index contributed by atoms with van der Waals surface area (Å²) in [6.45, 7) is 3.62. The summed E-state index contributed by atoms with van der Waals surface area (Å²) in [6.07, 6.45) is 6.41. The monoisotopic (exact) mass is 368 g/mol. The molecule has 0 amide bonds. The maximum atomic E-state index is 5.46. The molecule has 2 saturated heterocycles. The molecule has 2 aliphatic rings. The van der Waals surface area contributed by atoms with Crippen molar-refractivity contribution >= 4 is 11.3 Å². The van der Waals surface area contributed by atoms with E-state index in [1.54, 1.807) is 24.0 Å². The predicted molar refractivity (Wildman–Crippen MR) is 97.2 cm³/mol. The molecule has 3 aromatic rings. The predicted octanol–water partition coefficient (Wildman–Crippen LogP) is 1.43. The molecule has 1 spiro atoms. The van der Waals surface area contributed by atoms with E-state index in [1.807, 2.05) is 12.3 Å². The minimum atomic E-state index is 0.256. The third-order valence-electron chi connectivity index (χ3n) is 5.32. The van der Waals surface area contributed by atoms with Crippen molar-refractivity contribution in [2.75, 3.05) is 45.4 Å². The fraction of sp³-hybridized carbons (Fsp3) is 0.444. The van der Waals surface area contributed by atoms with Crippen molar-refractivity contribution in [2.24, 2.45) is 5.41 Å². The Balaban J connectivity index is 1.60. The molecular weight excluding hydrogens is 348 g/mol. The van der Waals surface area contributed by atoms with Gasteiger partial charge < -0.3 is 19.1 Å². The molecule has 5 heterocycles. The van der Waals surface area contributed by atoms with Gasteiger partial charge in [0.1, 0.15) is 5.69 Å². The van der Waals surface area contributed by atoms with E-state index in [0.29, 0.717) is 11.4 Å². The number of hydrogen-bond acceptors (Lipinski definition) is 8. The highest BCUT2D eigenvalue weighted by Gasteiger charge is 2.45. The Kier molecular flexibility index (Phi) is 3.64. The number of anilines is 1. The van der Waals surface area contributed by atoms with Gasteiger partial charge in [-0.2, -0.15) is 10.1 Å². The normalized spacial score (nSPS) is 18.1. The van der Waals surface area contributed by atoms with Crippen molar-refractivity contribution in [3.8, 4) is 23.1 Å². The molecule has 140 valence electrons. The molecule has 0 unspecified atom stereocenters. The Morgan fingerprint density at radius 2 is 2.07 bits per heavy atom. The average Bonchev–Trinajstić information content (AvgIpc) is 3.33. The van der Waals surface area contributed by atoms with E-state index in [0.717, 1.165) is 49.8 Å². The van der Waals surface area contributed by atoms with Crippen molar-refractivity contribution in [3.05, 3.63) is 24.7 Å². The van der Waals surface area contributed by atoms with Gasteiger partial charge in [-0.05, 0) is 12.5 Å². The standard InChI is InChI=1S/C18H20N6O3/c1-25-16-12(8-20-17(21-16)26-2)13-7-14(15-19-4-6-24(15)22-13)23-5-3-18(9-23)10-27-11-18/h4,6-8H,3,5,9-11H2,1-2H3. The van der Waals surface area contributed by atoms with Crippen LogP contribution in [-0.4, -0.2) is 65.1 Å². The summed E-state index contributed by atoms with van der Waals surface area (Å²) in [6, 6.07) is 2.29. The topological polar surface area (TPSA) is 86.9 Å². The van der Waals surface area contributed by atoms with Crippen molar-refractivity contribution in [3.63, 3.8) is 0 Å². The molecular formula is C18H20N6O3. The van der Waals surface area contributed by atoms with Gasteiger partial charge in [0, 0.05) is 37.1 Å². The van der Waals surface area contributed by atoms with E-state index < -0.39 is 0 Å². The highest BCUT2D eigenvalue weighted by molar-refractivity contribution is 5.76. The van der Waals surface area contributed by atoms with Crippen LogP contribution in [0.2, 0.25) is 0 Å². The Bertz CT molecular complexity index is 1000. The summed E-state index contributed by atoms with van der Waals surface area (Å²) in [5.41, 5.74) is 3.60. The van der Waals surface area contributed by atoms with E-state index in [4.69, 9.17) is 14.2 Å². The molecule has 0 saturated carbocycles. The fourth-order valence-corrected chi connectivity index (χ4v) is 3.81. The molecule has 5 rings (SSSR count). The van der Waals surface area contributed by atoms with Crippen LogP contribution in [0.5, 0.6) is 11.9 Å². The Hall–Kier alpha value is -2.94. The summed E-state index contributed by atoms with van der Waals surface area (Å²) < 4.78 is 17.8. The van der Waals surface area contributed by atoms with E-state index in [9.17, 15) is 0 Å². The molecule has 0 atom stereocenters. The van der Waals surface area contributed by atoms with E-state index in [2.05, 4.69) is 25.0 Å². The molecule has 0 aliphatic carbocycles. The Morgan fingerprint density at radius 3 is 2.78 bits per heavy atom. The van der Waals surface area contributed by atoms with Crippen LogP contribution < -0.4 is 14.4 Å². The molecule has 2 aliphatic heterocycles. The molecule has 0 bridgehead atoms. The van der Waals surface area contributed by atoms with Crippen molar-refractivity contribution in [1.29, 1.82) is 0 Å². The van der Waals surface area contributed by atoms with Gasteiger partial charge in [0.25, 0.3) is 0 Å². The quantitative estimate of drug-likeness (QED) is 0.684. The van der Waals surface area contributed by atoms with E-state index in [1.165, 1.54) is 7.11 Å². The summed E-state index contributed by atoms with van der Waals surface area (Å²) in [5, 5.41) is 4.67. The largest absolute Gasteiger partial charge is 0.480 e.